The average Bonchev–Trinajstić information content (AvgIpc) is 2.83. The molecule has 0 heteroatoms. The van der Waals surface area contributed by atoms with E-state index in [2.05, 4.69) is 96.0 Å². The molecule has 0 aliphatic heterocycles. The van der Waals surface area contributed by atoms with Gasteiger partial charge in [-0.05, 0) is 141 Å². The number of hydrogen-bond acceptors (Lipinski definition) is 0. The molecule has 0 heterocycles. The fourth-order valence-electron chi connectivity index (χ4n) is 13.8. The van der Waals surface area contributed by atoms with Gasteiger partial charge in [-0.2, -0.15) is 0 Å². The Balaban J connectivity index is 0.935. The molecule has 14 aliphatic rings. The van der Waals surface area contributed by atoms with Crippen LogP contribution in [0.2, 0.25) is 0 Å². The van der Waals surface area contributed by atoms with E-state index in [0.717, 1.165) is 71.0 Å². The molecule has 0 saturated heterocycles. The summed E-state index contributed by atoms with van der Waals surface area (Å²) in [6.45, 7) is 0. The summed E-state index contributed by atoms with van der Waals surface area (Å²) in [6, 6.07) is 0. The van der Waals surface area contributed by atoms with Gasteiger partial charge >= 0.3 is 0 Å². The molecular formula is C32H20. The van der Waals surface area contributed by atoms with Crippen molar-refractivity contribution in [3.63, 3.8) is 0 Å². The molecule has 12 fully saturated rings. The van der Waals surface area contributed by atoms with Crippen molar-refractivity contribution in [2.45, 2.75) is 0 Å². The summed E-state index contributed by atoms with van der Waals surface area (Å²) in [5.74, 6) is 36.5. The summed E-state index contributed by atoms with van der Waals surface area (Å²) < 4.78 is 0. The lowest BCUT2D eigenvalue weighted by Crippen LogP contribution is -3.08. The predicted molar refractivity (Wildman–Crippen MR) is 119 cm³/mol. The van der Waals surface area contributed by atoms with Gasteiger partial charge in [0, 0.05) is 0 Å². The first-order valence-electron chi connectivity index (χ1n) is 12.6. The standard InChI is InChI=1S/C32H20/c1-2-6-10-14-30-23-26-24(30)28-25(30)27(23)32(26,28)16-12-8-4-3-7-11-15-31-20-17-21(31)19-22(31)18(20)29(17,19)13-9-5-1/h9-28H/b13-9-,14-10-,15-11-,16-12-. The smallest absolute Gasteiger partial charge is 0.000573 e. The normalized spacial score (nSPS) is 74.5. The van der Waals surface area contributed by atoms with Crippen LogP contribution in [0.5, 0.6) is 0 Å². The number of hydrogen-bond donors (Lipinski definition) is 0. The summed E-state index contributed by atoms with van der Waals surface area (Å²) in [6.07, 6.45) is 18.4. The van der Waals surface area contributed by atoms with Crippen molar-refractivity contribution < 1.29 is 0 Å². The highest BCUT2D eigenvalue weighted by Gasteiger charge is 3.09. The second-order valence-corrected chi connectivity index (χ2v) is 12.7. The summed E-state index contributed by atoms with van der Waals surface area (Å²) in [4.78, 5) is 0. The Morgan fingerprint density at radius 2 is 0.500 bits per heavy atom. The molecule has 14 rings (SSSR count). The Hall–Kier alpha value is -2.80. The van der Waals surface area contributed by atoms with Crippen LogP contribution in [-0.2, 0) is 0 Å². The van der Waals surface area contributed by atoms with E-state index in [4.69, 9.17) is 0 Å². The van der Waals surface area contributed by atoms with Gasteiger partial charge in [-0.25, -0.2) is 0 Å². The second-order valence-electron chi connectivity index (χ2n) is 12.7. The first-order chi connectivity index (χ1) is 15.9. The summed E-state index contributed by atoms with van der Waals surface area (Å²) >= 11 is 0. The molecule has 14 aliphatic carbocycles. The third kappa shape index (κ3) is 0.911. The van der Waals surface area contributed by atoms with E-state index in [1.54, 1.807) is 0 Å². The SMILES string of the molecule is C1#C/C=C\C23C4C5C2C2C3C4C52/C=C\C#CC#C/C=C\C23C4C5C2C2C3C4C52/C=C\C#C1. The first kappa shape index (κ1) is 15.1. The van der Waals surface area contributed by atoms with Gasteiger partial charge in [0.2, 0.25) is 0 Å². The Labute approximate surface area is 188 Å². The van der Waals surface area contributed by atoms with Crippen molar-refractivity contribution in [1.82, 2.24) is 0 Å². The molecular weight excluding hydrogens is 384 g/mol. The van der Waals surface area contributed by atoms with Crippen LogP contribution in [0.4, 0.5) is 0 Å². The van der Waals surface area contributed by atoms with Crippen LogP contribution < -0.4 is 0 Å². The molecule has 0 aromatic heterocycles. The van der Waals surface area contributed by atoms with Crippen molar-refractivity contribution in [2.24, 2.45) is 92.7 Å². The second kappa shape index (κ2) is 3.89. The zero-order valence-corrected chi connectivity index (χ0v) is 17.5. The van der Waals surface area contributed by atoms with Crippen molar-refractivity contribution in [3.8, 4) is 47.4 Å². The molecule has 0 aromatic rings. The minimum absolute atomic E-state index is 0.541. The molecule has 4 spiro atoms. The average molecular weight is 405 g/mol. The largest absolute Gasteiger partial charge is 0.0690 e. The van der Waals surface area contributed by atoms with Crippen molar-refractivity contribution in [3.05, 3.63) is 48.6 Å². The monoisotopic (exact) mass is 404 g/mol. The van der Waals surface area contributed by atoms with Gasteiger partial charge in [-0.15, -0.1) is 0 Å². The Morgan fingerprint density at radius 3 is 0.688 bits per heavy atom. The number of allylic oxidation sites excluding steroid dienone is 8. The Bertz CT molecular complexity index is 1170. The maximum absolute atomic E-state index is 3.21. The van der Waals surface area contributed by atoms with Crippen molar-refractivity contribution >= 4 is 0 Å². The van der Waals surface area contributed by atoms with Gasteiger partial charge in [-0.1, -0.05) is 48.0 Å². The van der Waals surface area contributed by atoms with Crippen LogP contribution in [0.1, 0.15) is 0 Å². The number of rotatable bonds is 0. The summed E-state index contributed by atoms with van der Waals surface area (Å²) in [7, 11) is 0. The van der Waals surface area contributed by atoms with Gasteiger partial charge in [0.15, 0.2) is 0 Å². The predicted octanol–water partition coefficient (Wildman–Crippen LogP) is 3.71. The molecule has 148 valence electrons. The van der Waals surface area contributed by atoms with Gasteiger partial charge in [0.05, 0.1) is 0 Å². The maximum atomic E-state index is 3.21. The fraction of sp³-hybridized carbons (Fsp3) is 0.500. The molecule has 0 radical (unpaired) electrons. The van der Waals surface area contributed by atoms with E-state index in [0.29, 0.717) is 21.7 Å². The van der Waals surface area contributed by atoms with E-state index >= 15 is 0 Å². The van der Waals surface area contributed by atoms with E-state index in [1.165, 1.54) is 0 Å². The third-order valence-electron chi connectivity index (χ3n) is 13.8. The van der Waals surface area contributed by atoms with Crippen LogP contribution in [0.3, 0.4) is 0 Å². The fourth-order valence-corrected chi connectivity index (χ4v) is 13.8. The molecule has 0 aromatic carbocycles. The lowest BCUT2D eigenvalue weighted by molar-refractivity contribution is -0.630. The van der Waals surface area contributed by atoms with E-state index in [-0.39, 0.29) is 0 Å². The highest BCUT2D eigenvalue weighted by Crippen LogP contribution is 3.11. The van der Waals surface area contributed by atoms with Crippen LogP contribution in [0, 0.1) is 140 Å². The van der Waals surface area contributed by atoms with Gasteiger partial charge in [0.25, 0.3) is 0 Å². The number of fused-ring (bicyclic) bond motifs is 6. The zero-order valence-electron chi connectivity index (χ0n) is 17.5. The molecule has 0 N–H and O–H groups in total. The lowest BCUT2D eigenvalue weighted by Gasteiger charge is -3.11. The molecule has 0 amide bonds. The van der Waals surface area contributed by atoms with Crippen molar-refractivity contribution in [1.29, 1.82) is 0 Å². The quantitative estimate of drug-likeness (QED) is 0.540. The van der Waals surface area contributed by atoms with Crippen LogP contribution in [0.25, 0.3) is 0 Å². The van der Waals surface area contributed by atoms with E-state index in [9.17, 15) is 0 Å². The molecule has 0 atom stereocenters. The first-order valence-corrected chi connectivity index (χ1v) is 12.6. The molecule has 0 nitrogen and oxygen atoms in total. The minimum Gasteiger partial charge on any atom is -0.0690 e. The van der Waals surface area contributed by atoms with Crippen LogP contribution in [0.15, 0.2) is 48.6 Å². The Morgan fingerprint density at radius 1 is 0.312 bits per heavy atom. The van der Waals surface area contributed by atoms with Gasteiger partial charge < -0.3 is 0 Å². The van der Waals surface area contributed by atoms with Gasteiger partial charge in [0.1, 0.15) is 0 Å². The maximum Gasteiger partial charge on any atom is -0.000573 e. The molecule has 12 saturated carbocycles. The third-order valence-corrected chi connectivity index (χ3v) is 13.8. The Kier molecular flexibility index (Phi) is 1.84. The minimum atomic E-state index is 0.541. The highest BCUT2D eigenvalue weighted by atomic mass is 15.1. The summed E-state index contributed by atoms with van der Waals surface area (Å²) in [5, 5.41) is 0. The van der Waals surface area contributed by atoms with Crippen LogP contribution >= 0.6 is 0 Å². The molecule has 0 unspecified atom stereocenters. The molecule has 12 bridgehead atoms. The van der Waals surface area contributed by atoms with Gasteiger partial charge in [-0.3, -0.25) is 0 Å². The topological polar surface area (TPSA) is 0 Å². The lowest BCUT2D eigenvalue weighted by atomic mass is 8.92. The zero-order chi connectivity index (χ0) is 20.2. The summed E-state index contributed by atoms with van der Waals surface area (Å²) in [5.41, 5.74) is 2.16. The molecule has 32 heavy (non-hydrogen) atoms. The van der Waals surface area contributed by atoms with E-state index < -0.39 is 0 Å². The van der Waals surface area contributed by atoms with Crippen molar-refractivity contribution in [2.75, 3.05) is 0 Å². The highest BCUT2D eigenvalue weighted by molar-refractivity contribution is 5.62. The van der Waals surface area contributed by atoms with E-state index in [1.807, 2.05) is 0 Å². The van der Waals surface area contributed by atoms with Crippen LogP contribution in [-0.4, -0.2) is 0 Å².